The minimum atomic E-state index is -0.499. The Bertz CT molecular complexity index is 946. The third-order valence-electron chi connectivity index (χ3n) is 4.20. The molecule has 0 saturated heterocycles. The van der Waals surface area contributed by atoms with E-state index in [2.05, 4.69) is 5.32 Å². The molecule has 6 heteroatoms. The third kappa shape index (κ3) is 4.82. The molecule has 1 amide bonds. The number of aromatic hydroxyl groups is 2. The molecule has 0 bridgehead atoms. The Hall–Kier alpha value is -3.02. The van der Waals surface area contributed by atoms with Crippen LogP contribution in [0.1, 0.15) is 27.0 Å². The van der Waals surface area contributed by atoms with Gasteiger partial charge in [-0.25, -0.2) is 0 Å². The lowest BCUT2D eigenvalue weighted by molar-refractivity contribution is 0.0921. The number of hydrogen-bond acceptors (Lipinski definition) is 4. The van der Waals surface area contributed by atoms with E-state index in [0.717, 1.165) is 17.2 Å². The minimum absolute atomic E-state index is 0.00760. The summed E-state index contributed by atoms with van der Waals surface area (Å²) in [5.74, 6) is -1.16. The SMILES string of the molecule is O=C(NCc1ccccc1)c1c(O)cc(O)c(Cl)c1COCc1ccccc1. The number of nitrogens with one attached hydrogen (secondary N) is 1. The molecular weight excluding hydrogens is 378 g/mol. The van der Waals surface area contributed by atoms with Gasteiger partial charge in [0.05, 0.1) is 23.8 Å². The first kappa shape index (κ1) is 19.7. The van der Waals surface area contributed by atoms with Crippen molar-refractivity contribution in [1.29, 1.82) is 0 Å². The number of benzene rings is 3. The van der Waals surface area contributed by atoms with E-state index in [1.807, 2.05) is 60.7 Å². The van der Waals surface area contributed by atoms with Crippen LogP contribution in [0.25, 0.3) is 0 Å². The van der Waals surface area contributed by atoms with Crippen molar-refractivity contribution in [2.75, 3.05) is 0 Å². The quantitative estimate of drug-likeness (QED) is 0.552. The summed E-state index contributed by atoms with van der Waals surface area (Å²) in [5.41, 5.74) is 2.10. The number of hydrogen-bond donors (Lipinski definition) is 3. The summed E-state index contributed by atoms with van der Waals surface area (Å²) in [4.78, 5) is 12.7. The second kappa shape index (κ2) is 9.26. The lowest BCUT2D eigenvalue weighted by Crippen LogP contribution is -2.24. The molecule has 0 fully saturated rings. The van der Waals surface area contributed by atoms with Gasteiger partial charge in [0.2, 0.25) is 0 Å². The third-order valence-corrected chi connectivity index (χ3v) is 4.62. The van der Waals surface area contributed by atoms with Crippen LogP contribution in [0.3, 0.4) is 0 Å². The molecule has 3 rings (SSSR count). The Labute approximate surface area is 168 Å². The average molecular weight is 398 g/mol. The molecule has 0 spiro atoms. The molecule has 28 heavy (non-hydrogen) atoms. The molecule has 3 N–H and O–H groups in total. The van der Waals surface area contributed by atoms with Crippen molar-refractivity contribution in [3.63, 3.8) is 0 Å². The van der Waals surface area contributed by atoms with E-state index >= 15 is 0 Å². The minimum Gasteiger partial charge on any atom is -0.507 e. The second-order valence-electron chi connectivity index (χ2n) is 6.23. The number of carbonyl (C=O) groups excluding carboxylic acids is 1. The van der Waals surface area contributed by atoms with Crippen molar-refractivity contribution >= 4 is 17.5 Å². The zero-order valence-corrected chi connectivity index (χ0v) is 15.8. The van der Waals surface area contributed by atoms with Crippen molar-refractivity contribution in [2.45, 2.75) is 19.8 Å². The summed E-state index contributed by atoms with van der Waals surface area (Å²) in [6, 6.07) is 20.0. The molecule has 0 atom stereocenters. The molecule has 0 heterocycles. The molecule has 5 nitrogen and oxygen atoms in total. The van der Waals surface area contributed by atoms with Crippen LogP contribution in [0.5, 0.6) is 11.5 Å². The van der Waals surface area contributed by atoms with Crippen LogP contribution in [0.2, 0.25) is 5.02 Å². The van der Waals surface area contributed by atoms with Gasteiger partial charge in [-0.1, -0.05) is 72.3 Å². The van der Waals surface area contributed by atoms with Gasteiger partial charge >= 0.3 is 0 Å². The lowest BCUT2D eigenvalue weighted by atomic mass is 10.0. The monoisotopic (exact) mass is 397 g/mol. The number of phenols is 2. The van der Waals surface area contributed by atoms with Gasteiger partial charge in [-0.3, -0.25) is 4.79 Å². The van der Waals surface area contributed by atoms with Gasteiger partial charge in [0.15, 0.2) is 0 Å². The predicted octanol–water partition coefficient (Wildman–Crippen LogP) is 4.40. The molecule has 0 saturated carbocycles. The Morgan fingerprint density at radius 2 is 1.50 bits per heavy atom. The normalized spacial score (nSPS) is 10.6. The maximum Gasteiger partial charge on any atom is 0.255 e. The molecule has 0 aromatic heterocycles. The van der Waals surface area contributed by atoms with Crippen molar-refractivity contribution in [1.82, 2.24) is 5.32 Å². The number of carbonyl (C=O) groups is 1. The molecule has 0 aliphatic rings. The van der Waals surface area contributed by atoms with Gasteiger partial charge in [0, 0.05) is 18.2 Å². The number of amides is 1. The van der Waals surface area contributed by atoms with E-state index < -0.39 is 5.91 Å². The molecule has 3 aromatic rings. The van der Waals surface area contributed by atoms with Gasteiger partial charge in [-0.05, 0) is 11.1 Å². The van der Waals surface area contributed by atoms with Crippen molar-refractivity contribution in [2.24, 2.45) is 0 Å². The summed E-state index contributed by atoms with van der Waals surface area (Å²) < 4.78 is 5.66. The highest BCUT2D eigenvalue weighted by atomic mass is 35.5. The van der Waals surface area contributed by atoms with Gasteiger partial charge in [-0.15, -0.1) is 0 Å². The molecule has 0 aliphatic carbocycles. The lowest BCUT2D eigenvalue weighted by Gasteiger charge is -2.15. The fraction of sp³-hybridized carbons (Fsp3) is 0.136. The maximum atomic E-state index is 12.7. The first-order valence-corrected chi connectivity index (χ1v) is 9.11. The fourth-order valence-electron chi connectivity index (χ4n) is 2.78. The number of rotatable bonds is 7. The van der Waals surface area contributed by atoms with Gasteiger partial charge in [-0.2, -0.15) is 0 Å². The highest BCUT2D eigenvalue weighted by Gasteiger charge is 2.22. The average Bonchev–Trinajstić information content (AvgIpc) is 2.71. The second-order valence-corrected chi connectivity index (χ2v) is 6.61. The van der Waals surface area contributed by atoms with Crippen LogP contribution in [-0.2, 0) is 24.5 Å². The van der Waals surface area contributed by atoms with Gasteiger partial charge < -0.3 is 20.3 Å². The van der Waals surface area contributed by atoms with Crippen LogP contribution in [0.15, 0.2) is 66.7 Å². The van der Waals surface area contributed by atoms with Crippen LogP contribution in [-0.4, -0.2) is 16.1 Å². The van der Waals surface area contributed by atoms with E-state index in [-0.39, 0.29) is 34.3 Å². The fourth-order valence-corrected chi connectivity index (χ4v) is 2.99. The highest BCUT2D eigenvalue weighted by molar-refractivity contribution is 6.33. The summed E-state index contributed by atoms with van der Waals surface area (Å²) >= 11 is 6.19. The molecule has 0 aliphatic heterocycles. The van der Waals surface area contributed by atoms with Gasteiger partial charge in [0.1, 0.15) is 11.5 Å². The Morgan fingerprint density at radius 1 is 0.893 bits per heavy atom. The maximum absolute atomic E-state index is 12.7. The number of halogens is 1. The van der Waals surface area contributed by atoms with Crippen LogP contribution >= 0.6 is 11.6 Å². The van der Waals surface area contributed by atoms with Crippen molar-refractivity contribution in [3.8, 4) is 11.5 Å². The first-order chi connectivity index (χ1) is 13.6. The Kier molecular flexibility index (Phi) is 6.53. The van der Waals surface area contributed by atoms with Crippen LogP contribution in [0, 0.1) is 0 Å². The molecule has 144 valence electrons. The van der Waals surface area contributed by atoms with E-state index in [1.54, 1.807) is 0 Å². The van der Waals surface area contributed by atoms with Crippen molar-refractivity contribution < 1.29 is 19.7 Å². The van der Waals surface area contributed by atoms with Crippen molar-refractivity contribution in [3.05, 3.63) is 94.0 Å². The van der Waals surface area contributed by atoms with Gasteiger partial charge in [0.25, 0.3) is 5.91 Å². The summed E-state index contributed by atoms with van der Waals surface area (Å²) in [7, 11) is 0. The first-order valence-electron chi connectivity index (χ1n) is 8.73. The zero-order valence-electron chi connectivity index (χ0n) is 15.1. The zero-order chi connectivity index (χ0) is 19.9. The number of ether oxygens (including phenoxy) is 1. The summed E-state index contributed by atoms with van der Waals surface area (Å²) in [6.45, 7) is 0.560. The van der Waals surface area contributed by atoms with E-state index in [4.69, 9.17) is 16.3 Å². The van der Waals surface area contributed by atoms with E-state index in [0.29, 0.717) is 13.2 Å². The molecule has 3 aromatic carbocycles. The Morgan fingerprint density at radius 3 is 2.14 bits per heavy atom. The highest BCUT2D eigenvalue weighted by Crippen LogP contribution is 2.36. The molecule has 0 radical (unpaired) electrons. The topological polar surface area (TPSA) is 78.8 Å². The summed E-state index contributed by atoms with van der Waals surface area (Å²) in [6.07, 6.45) is 0. The smallest absolute Gasteiger partial charge is 0.255 e. The van der Waals surface area contributed by atoms with Crippen LogP contribution in [0.4, 0.5) is 0 Å². The predicted molar refractivity (Wildman–Crippen MR) is 107 cm³/mol. The Balaban J connectivity index is 1.77. The van der Waals surface area contributed by atoms with E-state index in [9.17, 15) is 15.0 Å². The van der Waals surface area contributed by atoms with E-state index in [1.165, 1.54) is 0 Å². The van der Waals surface area contributed by atoms with Crippen LogP contribution < -0.4 is 5.32 Å². The summed E-state index contributed by atoms with van der Waals surface area (Å²) in [5, 5.41) is 22.9. The molecule has 0 unspecified atom stereocenters. The standard InChI is InChI=1S/C22H20ClNO4/c23-21-17(14-28-13-16-9-5-2-6-10-16)20(18(25)11-19(21)26)22(27)24-12-15-7-3-1-4-8-15/h1-11,25-26H,12-14H2,(H,24,27). The largest absolute Gasteiger partial charge is 0.507 e. The molecular formula is C22H20ClNO4. The number of phenolic OH excluding ortho intramolecular Hbond substituents is 2.